The van der Waals surface area contributed by atoms with Gasteiger partial charge in [-0.05, 0) is 18.6 Å². The first-order valence-electron chi connectivity index (χ1n) is 6.14. The van der Waals surface area contributed by atoms with Crippen LogP contribution in [0.15, 0.2) is 24.3 Å². The molecule has 0 radical (unpaired) electrons. The molecule has 0 fully saturated rings. The Kier molecular flexibility index (Phi) is 5.51. The van der Waals surface area contributed by atoms with Crippen LogP contribution in [0.2, 0.25) is 5.02 Å². The lowest BCUT2D eigenvalue weighted by Gasteiger charge is -2.06. The van der Waals surface area contributed by atoms with E-state index in [4.69, 9.17) is 16.3 Å². The van der Waals surface area contributed by atoms with Gasteiger partial charge in [0, 0.05) is 11.6 Å². The Morgan fingerprint density at radius 3 is 2.81 bits per heavy atom. The molecule has 21 heavy (non-hydrogen) atoms. The molecule has 0 atom stereocenters. The number of ether oxygens (including phenoxy) is 1. The molecule has 0 spiro atoms. The van der Waals surface area contributed by atoms with Gasteiger partial charge in [0.1, 0.15) is 11.6 Å². The van der Waals surface area contributed by atoms with Crippen molar-refractivity contribution in [2.75, 3.05) is 11.3 Å². The summed E-state index contributed by atoms with van der Waals surface area (Å²) in [5, 5.41) is 8.89. The van der Waals surface area contributed by atoms with Crippen LogP contribution >= 0.6 is 22.9 Å². The van der Waals surface area contributed by atoms with Crippen molar-refractivity contribution in [3.63, 3.8) is 0 Å². The molecule has 0 amide bonds. The van der Waals surface area contributed by atoms with E-state index >= 15 is 0 Å². The van der Waals surface area contributed by atoms with Crippen LogP contribution in [-0.2, 0) is 27.1 Å². The lowest BCUT2D eigenvalue weighted by Crippen LogP contribution is -2.15. The number of sulfonamides is 1. The standard InChI is InChI=1S/C12H14ClN3O3S2/c1-2-19-7-11-14-15-12(20-11)16-21(17,18)8-9-5-3-4-6-10(9)13/h3-6H,2,7-8H2,1H3,(H,15,16). The minimum absolute atomic E-state index is 0.215. The summed E-state index contributed by atoms with van der Waals surface area (Å²) in [7, 11) is -3.58. The van der Waals surface area contributed by atoms with E-state index in [1.165, 1.54) is 0 Å². The molecule has 114 valence electrons. The SMILES string of the molecule is CCOCc1nnc(NS(=O)(=O)Cc2ccccc2Cl)s1. The van der Waals surface area contributed by atoms with Crippen LogP contribution in [0.4, 0.5) is 5.13 Å². The smallest absolute Gasteiger partial charge is 0.238 e. The summed E-state index contributed by atoms with van der Waals surface area (Å²) >= 11 is 7.10. The van der Waals surface area contributed by atoms with Gasteiger partial charge in [-0.15, -0.1) is 10.2 Å². The Morgan fingerprint density at radius 1 is 1.33 bits per heavy atom. The van der Waals surface area contributed by atoms with Gasteiger partial charge in [0.05, 0.1) is 5.75 Å². The predicted octanol–water partition coefficient (Wildman–Crippen LogP) is 2.67. The number of nitrogens with one attached hydrogen (secondary N) is 1. The molecule has 0 saturated carbocycles. The third-order valence-corrected chi connectivity index (χ3v) is 4.95. The second-order valence-electron chi connectivity index (χ2n) is 4.09. The Balaban J connectivity index is 2.04. The van der Waals surface area contributed by atoms with Gasteiger partial charge in [-0.25, -0.2) is 8.42 Å². The molecule has 0 aliphatic carbocycles. The monoisotopic (exact) mass is 347 g/mol. The minimum Gasteiger partial charge on any atom is -0.374 e. The van der Waals surface area contributed by atoms with Crippen LogP contribution in [0.3, 0.4) is 0 Å². The Hall–Kier alpha value is -1.22. The van der Waals surface area contributed by atoms with Crippen LogP contribution in [0.25, 0.3) is 0 Å². The minimum atomic E-state index is -3.58. The van der Waals surface area contributed by atoms with Gasteiger partial charge >= 0.3 is 0 Å². The van der Waals surface area contributed by atoms with Crippen LogP contribution in [0.1, 0.15) is 17.5 Å². The first-order chi connectivity index (χ1) is 10.00. The number of anilines is 1. The van der Waals surface area contributed by atoms with E-state index in [-0.39, 0.29) is 10.9 Å². The molecule has 0 unspecified atom stereocenters. The highest BCUT2D eigenvalue weighted by molar-refractivity contribution is 7.92. The largest absolute Gasteiger partial charge is 0.374 e. The van der Waals surface area contributed by atoms with Gasteiger partial charge in [-0.1, -0.05) is 41.1 Å². The zero-order valence-electron chi connectivity index (χ0n) is 11.2. The fourth-order valence-corrected chi connectivity index (χ4v) is 3.93. The molecule has 6 nitrogen and oxygen atoms in total. The third kappa shape index (κ3) is 4.92. The maximum absolute atomic E-state index is 12.1. The summed E-state index contributed by atoms with van der Waals surface area (Å²) in [5.74, 6) is -0.215. The van der Waals surface area contributed by atoms with Crippen molar-refractivity contribution in [3.05, 3.63) is 39.9 Å². The van der Waals surface area contributed by atoms with E-state index in [2.05, 4.69) is 14.9 Å². The van der Waals surface area contributed by atoms with E-state index in [9.17, 15) is 8.42 Å². The number of halogens is 1. The number of hydrogen-bond donors (Lipinski definition) is 1. The summed E-state index contributed by atoms with van der Waals surface area (Å²) in [4.78, 5) is 0. The molecule has 1 N–H and O–H groups in total. The summed E-state index contributed by atoms with van der Waals surface area (Å²) in [6, 6.07) is 6.80. The van der Waals surface area contributed by atoms with E-state index < -0.39 is 10.0 Å². The van der Waals surface area contributed by atoms with Crippen molar-refractivity contribution < 1.29 is 13.2 Å². The molecule has 0 aliphatic heterocycles. The Morgan fingerprint density at radius 2 is 2.10 bits per heavy atom. The molecule has 9 heteroatoms. The number of benzene rings is 1. The van der Waals surface area contributed by atoms with E-state index in [1.54, 1.807) is 24.3 Å². The van der Waals surface area contributed by atoms with Gasteiger partial charge in [-0.3, -0.25) is 4.72 Å². The summed E-state index contributed by atoms with van der Waals surface area (Å²) in [6.07, 6.45) is 0. The molecule has 0 bridgehead atoms. The maximum Gasteiger partial charge on any atom is 0.238 e. The summed E-state index contributed by atoms with van der Waals surface area (Å²) in [5.41, 5.74) is 0.533. The van der Waals surface area contributed by atoms with Crippen molar-refractivity contribution in [3.8, 4) is 0 Å². The molecular weight excluding hydrogens is 334 g/mol. The fraction of sp³-hybridized carbons (Fsp3) is 0.333. The highest BCUT2D eigenvalue weighted by atomic mass is 35.5. The number of nitrogens with zero attached hydrogens (tertiary/aromatic N) is 2. The van der Waals surface area contributed by atoms with Crippen LogP contribution < -0.4 is 4.72 Å². The number of rotatable bonds is 7. The molecule has 2 rings (SSSR count). The Bertz CT molecular complexity index is 703. The van der Waals surface area contributed by atoms with Gasteiger partial charge in [-0.2, -0.15) is 0 Å². The quantitative estimate of drug-likeness (QED) is 0.832. The molecule has 0 aliphatic rings. The van der Waals surface area contributed by atoms with E-state index in [0.717, 1.165) is 11.3 Å². The summed E-state index contributed by atoms with van der Waals surface area (Å²) in [6.45, 7) is 2.75. The highest BCUT2D eigenvalue weighted by Crippen LogP contribution is 2.21. The van der Waals surface area contributed by atoms with Crippen molar-refractivity contribution in [1.82, 2.24) is 10.2 Å². The zero-order chi connectivity index (χ0) is 15.3. The van der Waals surface area contributed by atoms with Crippen LogP contribution in [0.5, 0.6) is 0 Å². The summed E-state index contributed by atoms with van der Waals surface area (Å²) < 4.78 is 31.7. The van der Waals surface area contributed by atoms with Crippen molar-refractivity contribution in [1.29, 1.82) is 0 Å². The lowest BCUT2D eigenvalue weighted by molar-refractivity contribution is 0.133. The molecule has 0 saturated heterocycles. The normalized spacial score (nSPS) is 11.5. The van der Waals surface area contributed by atoms with Gasteiger partial charge in [0.25, 0.3) is 0 Å². The van der Waals surface area contributed by atoms with Crippen molar-refractivity contribution in [2.45, 2.75) is 19.3 Å². The Labute approximate surface area is 132 Å². The molecule has 1 aromatic carbocycles. The maximum atomic E-state index is 12.1. The van der Waals surface area contributed by atoms with Gasteiger partial charge in [0.2, 0.25) is 15.2 Å². The molecule has 1 aromatic heterocycles. The third-order valence-electron chi connectivity index (χ3n) is 2.44. The number of hydrogen-bond acceptors (Lipinski definition) is 6. The van der Waals surface area contributed by atoms with Gasteiger partial charge < -0.3 is 4.74 Å². The van der Waals surface area contributed by atoms with Crippen molar-refractivity contribution in [2.24, 2.45) is 0 Å². The van der Waals surface area contributed by atoms with Gasteiger partial charge in [0.15, 0.2) is 0 Å². The van der Waals surface area contributed by atoms with Crippen molar-refractivity contribution >= 4 is 38.1 Å². The molecule has 2 aromatic rings. The van der Waals surface area contributed by atoms with E-state index in [0.29, 0.717) is 28.8 Å². The first kappa shape index (κ1) is 16.2. The second kappa shape index (κ2) is 7.17. The first-order valence-corrected chi connectivity index (χ1v) is 8.99. The molecule has 1 heterocycles. The van der Waals surface area contributed by atoms with Crippen LogP contribution in [0, 0.1) is 0 Å². The number of aromatic nitrogens is 2. The average Bonchev–Trinajstić information content (AvgIpc) is 2.85. The van der Waals surface area contributed by atoms with E-state index in [1.807, 2.05) is 6.92 Å². The highest BCUT2D eigenvalue weighted by Gasteiger charge is 2.16. The zero-order valence-corrected chi connectivity index (χ0v) is 13.6. The molecular formula is C12H14ClN3O3S2. The van der Waals surface area contributed by atoms with Crippen LogP contribution in [-0.4, -0.2) is 25.2 Å². The fourth-order valence-electron chi connectivity index (χ4n) is 1.53. The topological polar surface area (TPSA) is 81.2 Å². The average molecular weight is 348 g/mol. The second-order valence-corrected chi connectivity index (χ2v) is 7.28. The lowest BCUT2D eigenvalue weighted by atomic mass is 10.2. The predicted molar refractivity (Wildman–Crippen MR) is 82.9 cm³/mol.